The molecule has 42 valence electrons. The van der Waals surface area contributed by atoms with E-state index >= 15 is 0 Å². The largest absolute Gasteiger partial charge is 0.315 e. The lowest BCUT2D eigenvalue weighted by molar-refractivity contribution is 0.719. The Morgan fingerprint density at radius 2 is 2.43 bits per heavy atom. The molecule has 7 heavy (non-hydrogen) atoms. The first kappa shape index (κ1) is 5.45. The van der Waals surface area contributed by atoms with Gasteiger partial charge in [0.05, 0.1) is 0 Å². The van der Waals surface area contributed by atoms with Crippen molar-refractivity contribution in [2.75, 3.05) is 13.1 Å². The minimum Gasteiger partial charge on any atom is -0.315 e. The fraction of sp³-hybridized carbons (Fsp3) is 1.00. The van der Waals surface area contributed by atoms with Crippen molar-refractivity contribution in [2.24, 2.45) is 0 Å². The smallest absolute Gasteiger partial charge is 0.0238 e. The van der Waals surface area contributed by atoms with Gasteiger partial charge < -0.3 is 5.32 Å². The molecule has 0 radical (unpaired) electrons. The van der Waals surface area contributed by atoms with Gasteiger partial charge in [0.1, 0.15) is 0 Å². The fourth-order valence-corrected chi connectivity index (χ4v) is 1.03. The molecule has 0 aromatic carbocycles. The van der Waals surface area contributed by atoms with Gasteiger partial charge in [-0.05, 0) is 19.9 Å². The van der Waals surface area contributed by atoms with E-state index in [0.29, 0.717) is 0 Å². The Morgan fingerprint density at radius 3 is 2.57 bits per heavy atom. The molecule has 0 unspecified atom stereocenters. The van der Waals surface area contributed by atoms with Crippen LogP contribution in [-0.2, 0) is 0 Å². The molecule has 0 bridgehead atoms. The van der Waals surface area contributed by atoms with Crippen molar-refractivity contribution in [3.05, 3.63) is 0 Å². The van der Waals surface area contributed by atoms with Crippen LogP contribution < -0.4 is 5.32 Å². The van der Waals surface area contributed by atoms with Crippen LogP contribution in [0.15, 0.2) is 0 Å². The zero-order valence-electron chi connectivity index (χ0n) is 4.57. The molecule has 0 aromatic heterocycles. The average molecular weight is 117 g/mol. The second kappa shape index (κ2) is 1.67. The van der Waals surface area contributed by atoms with Crippen LogP contribution in [0.3, 0.4) is 0 Å². The second-order valence-corrected chi connectivity index (χ2v) is 3.50. The molecule has 2 heteroatoms. The predicted molar refractivity (Wildman–Crippen MR) is 34.9 cm³/mol. The Kier molecular flexibility index (Phi) is 1.30. The molecular weight excluding hydrogens is 106 g/mol. The van der Waals surface area contributed by atoms with Crippen LogP contribution in [0, 0.1) is 0 Å². The normalized spacial score (nSPS) is 42.0. The number of hydrogen-bond donors (Lipinski definition) is 2. The molecule has 0 amide bonds. The molecule has 1 aliphatic heterocycles. The third kappa shape index (κ3) is 1.35. The Labute approximate surface area is 49.9 Å². The van der Waals surface area contributed by atoms with Gasteiger partial charge in [-0.2, -0.15) is 12.6 Å². The third-order valence-corrected chi connectivity index (χ3v) is 1.73. The maximum absolute atomic E-state index is 4.39. The van der Waals surface area contributed by atoms with Crippen LogP contribution in [0.5, 0.6) is 0 Å². The van der Waals surface area contributed by atoms with E-state index in [2.05, 4.69) is 24.9 Å². The first-order valence-corrected chi connectivity index (χ1v) is 3.09. The molecule has 1 nitrogen and oxygen atoms in total. The number of rotatable bonds is 0. The van der Waals surface area contributed by atoms with E-state index in [-0.39, 0.29) is 4.75 Å². The van der Waals surface area contributed by atoms with Crippen molar-refractivity contribution in [1.82, 2.24) is 5.32 Å². The minimum absolute atomic E-state index is 0.278. The molecule has 1 saturated heterocycles. The summed E-state index contributed by atoms with van der Waals surface area (Å²) in [6.45, 7) is 4.37. The summed E-state index contributed by atoms with van der Waals surface area (Å²) in [5, 5.41) is 3.24. The molecule has 0 aromatic rings. The van der Waals surface area contributed by atoms with Gasteiger partial charge in [0.25, 0.3) is 0 Å². The van der Waals surface area contributed by atoms with E-state index in [1.807, 2.05) is 0 Å². The van der Waals surface area contributed by atoms with Crippen molar-refractivity contribution in [3.63, 3.8) is 0 Å². The molecule has 1 rings (SSSR count). The molecular formula is C5H11NS. The van der Waals surface area contributed by atoms with Crippen molar-refractivity contribution < 1.29 is 0 Å². The van der Waals surface area contributed by atoms with Gasteiger partial charge in [0.15, 0.2) is 0 Å². The van der Waals surface area contributed by atoms with Crippen molar-refractivity contribution in [2.45, 2.75) is 18.1 Å². The van der Waals surface area contributed by atoms with Gasteiger partial charge in [-0.1, -0.05) is 0 Å². The average Bonchev–Trinajstić information content (AvgIpc) is 1.84. The van der Waals surface area contributed by atoms with E-state index < -0.39 is 0 Å². The highest BCUT2D eigenvalue weighted by Crippen LogP contribution is 2.20. The topological polar surface area (TPSA) is 12.0 Å². The molecule has 1 heterocycles. The Morgan fingerprint density at radius 1 is 1.71 bits per heavy atom. The number of thiol groups is 1. The van der Waals surface area contributed by atoms with Crippen molar-refractivity contribution in [3.8, 4) is 0 Å². The lowest BCUT2D eigenvalue weighted by atomic mass is 10.1. The Hall–Kier alpha value is 0.310. The van der Waals surface area contributed by atoms with Gasteiger partial charge in [-0.15, -0.1) is 0 Å². The summed E-state index contributed by atoms with van der Waals surface area (Å²) in [4.78, 5) is 0. The van der Waals surface area contributed by atoms with Crippen LogP contribution in [0.1, 0.15) is 13.3 Å². The summed E-state index contributed by atoms with van der Waals surface area (Å²) in [5.41, 5.74) is 0. The highest BCUT2D eigenvalue weighted by atomic mass is 32.1. The summed E-state index contributed by atoms with van der Waals surface area (Å²) in [5.74, 6) is 0. The Bertz CT molecular complexity index is 62.5. The van der Waals surface area contributed by atoms with Crippen LogP contribution in [0.25, 0.3) is 0 Å². The van der Waals surface area contributed by atoms with Gasteiger partial charge in [-0.3, -0.25) is 0 Å². The summed E-state index contributed by atoms with van der Waals surface area (Å²) >= 11 is 4.39. The maximum atomic E-state index is 4.39. The van der Waals surface area contributed by atoms with Crippen LogP contribution in [0.4, 0.5) is 0 Å². The summed E-state index contributed by atoms with van der Waals surface area (Å²) in [6, 6.07) is 0. The van der Waals surface area contributed by atoms with E-state index in [1.54, 1.807) is 0 Å². The summed E-state index contributed by atoms with van der Waals surface area (Å²) < 4.78 is 0.278. The quantitative estimate of drug-likeness (QED) is 0.444. The molecule has 0 aliphatic carbocycles. The van der Waals surface area contributed by atoms with Crippen LogP contribution >= 0.6 is 12.6 Å². The SMILES string of the molecule is C[C@]1(S)CCNC1. The fourth-order valence-electron chi connectivity index (χ4n) is 0.804. The van der Waals surface area contributed by atoms with E-state index in [1.165, 1.54) is 6.42 Å². The third-order valence-electron chi connectivity index (χ3n) is 1.35. The van der Waals surface area contributed by atoms with E-state index in [0.717, 1.165) is 13.1 Å². The molecule has 1 aliphatic rings. The predicted octanol–water partition coefficient (Wildman–Crippen LogP) is 0.668. The molecule has 0 saturated carbocycles. The van der Waals surface area contributed by atoms with Gasteiger partial charge in [-0.25, -0.2) is 0 Å². The first-order valence-electron chi connectivity index (χ1n) is 2.64. The van der Waals surface area contributed by atoms with Gasteiger partial charge >= 0.3 is 0 Å². The lowest BCUT2D eigenvalue weighted by Crippen LogP contribution is -2.19. The van der Waals surface area contributed by atoms with Gasteiger partial charge in [0, 0.05) is 11.3 Å². The highest BCUT2D eigenvalue weighted by Gasteiger charge is 2.22. The monoisotopic (exact) mass is 117 g/mol. The standard InChI is InChI=1S/C5H11NS/c1-5(7)2-3-6-4-5/h6-7H,2-4H2,1H3/t5-/m0/s1. The van der Waals surface area contributed by atoms with Crippen LogP contribution in [-0.4, -0.2) is 17.8 Å². The molecule has 1 fully saturated rings. The van der Waals surface area contributed by atoms with Crippen molar-refractivity contribution >= 4 is 12.6 Å². The second-order valence-electron chi connectivity index (χ2n) is 2.42. The van der Waals surface area contributed by atoms with E-state index in [4.69, 9.17) is 0 Å². The summed E-state index contributed by atoms with van der Waals surface area (Å²) in [7, 11) is 0. The molecule has 1 N–H and O–H groups in total. The highest BCUT2D eigenvalue weighted by molar-refractivity contribution is 7.81. The molecule has 0 spiro atoms. The van der Waals surface area contributed by atoms with E-state index in [9.17, 15) is 0 Å². The number of nitrogens with one attached hydrogen (secondary N) is 1. The van der Waals surface area contributed by atoms with Gasteiger partial charge in [0.2, 0.25) is 0 Å². The lowest BCUT2D eigenvalue weighted by Gasteiger charge is -2.11. The molecule has 1 atom stereocenters. The zero-order valence-corrected chi connectivity index (χ0v) is 5.46. The maximum Gasteiger partial charge on any atom is 0.0238 e. The zero-order chi connectivity index (χ0) is 5.33. The minimum atomic E-state index is 0.278. The Balaban J connectivity index is 2.40. The van der Waals surface area contributed by atoms with Crippen LogP contribution in [0.2, 0.25) is 0 Å². The number of hydrogen-bond acceptors (Lipinski definition) is 2. The summed E-state index contributed by atoms with van der Waals surface area (Å²) in [6.07, 6.45) is 1.20. The van der Waals surface area contributed by atoms with Crippen molar-refractivity contribution in [1.29, 1.82) is 0 Å². The first-order chi connectivity index (χ1) is 3.21.